The molecule has 0 spiro atoms. The molecule has 36 heavy (non-hydrogen) atoms. The number of benzene rings is 2. The fourth-order valence-electron chi connectivity index (χ4n) is 4.27. The summed E-state index contributed by atoms with van der Waals surface area (Å²) in [6.07, 6.45) is 4.17. The summed E-state index contributed by atoms with van der Waals surface area (Å²) in [5.41, 5.74) is 4.41. The number of halogens is 1. The molecule has 8 nitrogen and oxygen atoms in total. The number of fused-ring (bicyclic) bond motifs is 1. The van der Waals surface area contributed by atoms with Gasteiger partial charge in [0.25, 0.3) is 5.91 Å². The van der Waals surface area contributed by atoms with Crippen molar-refractivity contribution in [2.75, 3.05) is 29.8 Å². The van der Waals surface area contributed by atoms with Gasteiger partial charge in [-0.25, -0.2) is 4.98 Å². The third-order valence-corrected chi connectivity index (χ3v) is 8.49. The molecule has 4 aromatic rings. The molecule has 10 heteroatoms. The van der Waals surface area contributed by atoms with Crippen LogP contribution in [-0.4, -0.2) is 48.7 Å². The first-order valence-electron chi connectivity index (χ1n) is 11.4. The van der Waals surface area contributed by atoms with Crippen LogP contribution in [-0.2, 0) is 10.2 Å². The number of rotatable bonds is 4. The summed E-state index contributed by atoms with van der Waals surface area (Å²) in [5, 5.41) is 4.36. The summed E-state index contributed by atoms with van der Waals surface area (Å²) >= 11 is 6.46. The summed E-state index contributed by atoms with van der Waals surface area (Å²) in [6.45, 7) is 2.69. The van der Waals surface area contributed by atoms with Crippen molar-refractivity contribution in [2.45, 2.75) is 13.3 Å². The van der Waals surface area contributed by atoms with Crippen molar-refractivity contribution in [1.29, 1.82) is 0 Å². The van der Waals surface area contributed by atoms with Gasteiger partial charge in [-0.15, -0.1) is 0 Å². The number of nitrogens with zero attached hydrogens (tertiary/aromatic N) is 4. The summed E-state index contributed by atoms with van der Waals surface area (Å²) in [5.74, 6) is -0.302. The number of carbonyl (C=O) groups is 1. The second-order valence-corrected chi connectivity index (χ2v) is 11.0. The van der Waals surface area contributed by atoms with E-state index in [1.165, 1.54) is 8.61 Å². The first kappa shape index (κ1) is 24.2. The zero-order chi connectivity index (χ0) is 25.4. The van der Waals surface area contributed by atoms with Crippen LogP contribution in [0.25, 0.3) is 22.2 Å². The van der Waals surface area contributed by atoms with E-state index in [0.29, 0.717) is 51.9 Å². The molecule has 3 heterocycles. The van der Waals surface area contributed by atoms with Gasteiger partial charge >= 0.3 is 10.2 Å². The molecule has 0 atom stereocenters. The molecule has 1 N–H and O–H groups in total. The Labute approximate surface area is 214 Å². The van der Waals surface area contributed by atoms with Crippen molar-refractivity contribution in [3.05, 3.63) is 83.1 Å². The van der Waals surface area contributed by atoms with Crippen LogP contribution >= 0.6 is 11.6 Å². The van der Waals surface area contributed by atoms with E-state index < -0.39 is 10.2 Å². The molecular weight excluding hydrogens is 498 g/mol. The molecule has 0 unspecified atom stereocenters. The van der Waals surface area contributed by atoms with Gasteiger partial charge in [0.2, 0.25) is 0 Å². The predicted octanol–water partition coefficient (Wildman–Crippen LogP) is 4.90. The maximum atomic E-state index is 13.1. The molecule has 184 valence electrons. The van der Waals surface area contributed by atoms with Crippen molar-refractivity contribution in [3.8, 4) is 11.3 Å². The largest absolute Gasteiger partial charge is 0.322 e. The van der Waals surface area contributed by atoms with Gasteiger partial charge < -0.3 is 5.32 Å². The number of anilines is 2. The smallest absolute Gasteiger partial charge is 0.303 e. The van der Waals surface area contributed by atoms with Gasteiger partial charge in [-0.1, -0.05) is 11.6 Å². The Kier molecular flexibility index (Phi) is 6.38. The Morgan fingerprint density at radius 2 is 1.89 bits per heavy atom. The third-order valence-electron chi connectivity index (χ3n) is 6.24. The van der Waals surface area contributed by atoms with E-state index in [0.717, 1.165) is 17.3 Å². The van der Waals surface area contributed by atoms with E-state index in [1.54, 1.807) is 62.8 Å². The van der Waals surface area contributed by atoms with E-state index in [-0.39, 0.29) is 5.91 Å². The molecule has 2 aromatic carbocycles. The fraction of sp³-hybridized carbons (Fsp3) is 0.192. The van der Waals surface area contributed by atoms with Crippen molar-refractivity contribution in [3.63, 3.8) is 0 Å². The summed E-state index contributed by atoms with van der Waals surface area (Å²) < 4.78 is 28.1. The quantitative estimate of drug-likeness (QED) is 0.412. The van der Waals surface area contributed by atoms with E-state index in [9.17, 15) is 13.2 Å². The minimum atomic E-state index is -3.56. The molecule has 0 aliphatic carbocycles. The van der Waals surface area contributed by atoms with Gasteiger partial charge in [0, 0.05) is 54.7 Å². The fourth-order valence-corrected chi connectivity index (χ4v) is 5.92. The van der Waals surface area contributed by atoms with Crippen LogP contribution in [0.1, 0.15) is 22.3 Å². The molecule has 0 radical (unpaired) electrons. The van der Waals surface area contributed by atoms with Crippen LogP contribution in [0.15, 0.2) is 67.0 Å². The lowest BCUT2D eigenvalue weighted by atomic mass is 10.1. The molecular formula is C26H24ClN5O3S. The molecule has 5 rings (SSSR count). The highest BCUT2D eigenvalue weighted by atomic mass is 35.5. The highest BCUT2D eigenvalue weighted by Gasteiger charge is 2.31. The molecule has 2 aromatic heterocycles. The first-order chi connectivity index (χ1) is 17.2. The minimum Gasteiger partial charge on any atom is -0.322 e. The van der Waals surface area contributed by atoms with Crippen molar-refractivity contribution in [2.24, 2.45) is 0 Å². The van der Waals surface area contributed by atoms with Crippen LogP contribution < -0.4 is 9.62 Å². The van der Waals surface area contributed by atoms with Crippen LogP contribution in [0.3, 0.4) is 0 Å². The van der Waals surface area contributed by atoms with Crippen molar-refractivity contribution in [1.82, 2.24) is 14.3 Å². The second kappa shape index (κ2) is 9.50. The lowest BCUT2D eigenvalue weighted by Crippen LogP contribution is -2.48. The number of pyridine rings is 2. The lowest BCUT2D eigenvalue weighted by molar-refractivity contribution is 0.102. The molecule has 1 saturated heterocycles. The van der Waals surface area contributed by atoms with Gasteiger partial charge in [0.05, 0.1) is 21.9 Å². The number of hydrogen-bond donors (Lipinski definition) is 1. The summed E-state index contributed by atoms with van der Waals surface area (Å²) in [4.78, 5) is 21.9. The zero-order valence-corrected chi connectivity index (χ0v) is 21.3. The molecule has 1 fully saturated rings. The van der Waals surface area contributed by atoms with Crippen LogP contribution in [0.4, 0.5) is 11.4 Å². The van der Waals surface area contributed by atoms with Crippen LogP contribution in [0.5, 0.6) is 0 Å². The SMILES string of the molecule is Cc1cc(N2CCCN(C)S2(=O)=O)ccc1C(=O)Nc1ccc(Cl)c(-c2ccc3cnccc3n2)c1. The van der Waals surface area contributed by atoms with Crippen molar-refractivity contribution >= 4 is 50.0 Å². The number of carbonyl (C=O) groups excluding carboxylic acids is 1. The average Bonchev–Trinajstić information content (AvgIpc) is 2.86. The van der Waals surface area contributed by atoms with Gasteiger partial charge in [-0.2, -0.15) is 12.7 Å². The van der Waals surface area contributed by atoms with Crippen LogP contribution in [0.2, 0.25) is 5.02 Å². The highest BCUT2D eigenvalue weighted by Crippen LogP contribution is 2.31. The summed E-state index contributed by atoms with van der Waals surface area (Å²) in [6, 6.07) is 15.9. The molecule has 0 bridgehead atoms. The number of amides is 1. The third kappa shape index (κ3) is 4.53. The highest BCUT2D eigenvalue weighted by molar-refractivity contribution is 7.90. The first-order valence-corrected chi connectivity index (χ1v) is 13.2. The Balaban J connectivity index is 1.40. The maximum absolute atomic E-state index is 13.1. The number of hydrogen-bond acceptors (Lipinski definition) is 5. The normalized spacial score (nSPS) is 15.7. The molecule has 0 saturated carbocycles. The van der Waals surface area contributed by atoms with Gasteiger partial charge in [-0.3, -0.25) is 14.1 Å². The number of aromatic nitrogens is 2. The Morgan fingerprint density at radius 1 is 1.06 bits per heavy atom. The molecule has 1 amide bonds. The molecule has 1 aliphatic heterocycles. The van der Waals surface area contributed by atoms with E-state index in [4.69, 9.17) is 11.6 Å². The Morgan fingerprint density at radius 3 is 2.69 bits per heavy atom. The van der Waals surface area contributed by atoms with E-state index in [2.05, 4.69) is 15.3 Å². The van der Waals surface area contributed by atoms with Crippen LogP contribution in [0, 0.1) is 6.92 Å². The lowest BCUT2D eigenvalue weighted by Gasteiger charge is -2.34. The minimum absolute atomic E-state index is 0.302. The monoisotopic (exact) mass is 521 g/mol. The van der Waals surface area contributed by atoms with Crippen molar-refractivity contribution < 1.29 is 13.2 Å². The van der Waals surface area contributed by atoms with Gasteiger partial charge in [0.1, 0.15) is 0 Å². The second-order valence-electron chi connectivity index (χ2n) is 8.67. The standard InChI is InChI=1S/C26H24ClN5O3S/c1-17-14-20(32-13-3-12-31(2)36(32,34)35)6-7-21(17)26(33)29-19-5-8-23(27)22(15-19)25-9-4-18-16-28-11-10-24(18)30-25/h4-11,14-16H,3,12-13H2,1-2H3,(H,29,33). The predicted molar refractivity (Wildman–Crippen MR) is 143 cm³/mol. The Bertz CT molecular complexity index is 1590. The molecule has 1 aliphatic rings. The number of aryl methyl sites for hydroxylation is 1. The average molecular weight is 522 g/mol. The van der Waals surface area contributed by atoms with Gasteiger partial charge in [-0.05, 0) is 73.5 Å². The van der Waals surface area contributed by atoms with Gasteiger partial charge in [0.15, 0.2) is 0 Å². The van der Waals surface area contributed by atoms with E-state index >= 15 is 0 Å². The Hall–Kier alpha value is -3.53. The maximum Gasteiger partial charge on any atom is 0.303 e. The topological polar surface area (TPSA) is 95.5 Å². The van der Waals surface area contributed by atoms with E-state index in [1.807, 2.05) is 18.2 Å². The zero-order valence-electron chi connectivity index (χ0n) is 19.8. The summed E-state index contributed by atoms with van der Waals surface area (Å²) in [7, 11) is -1.99. The number of nitrogens with one attached hydrogen (secondary N) is 1.